The zero-order valence-electron chi connectivity index (χ0n) is 11.3. The Hall–Kier alpha value is -1.31. The average Bonchev–Trinajstić information content (AvgIpc) is 2.71. The predicted octanol–water partition coefficient (Wildman–Crippen LogP) is 0.886. The Morgan fingerprint density at radius 3 is 2.65 bits per heavy atom. The van der Waals surface area contributed by atoms with Gasteiger partial charge in [-0.2, -0.15) is 12.7 Å². The van der Waals surface area contributed by atoms with Crippen molar-refractivity contribution < 1.29 is 13.2 Å². The number of rotatable bonds is 2. The number of fused-ring (bicyclic) bond motifs is 1. The molecule has 0 atom stereocenters. The van der Waals surface area contributed by atoms with E-state index in [1.54, 1.807) is 0 Å². The van der Waals surface area contributed by atoms with Crippen molar-refractivity contribution in [1.29, 1.82) is 0 Å². The number of nitrogens with one attached hydrogen (secondary N) is 1. The van der Waals surface area contributed by atoms with Crippen molar-refractivity contribution in [1.82, 2.24) is 4.31 Å². The summed E-state index contributed by atoms with van der Waals surface area (Å²) in [6, 6.07) is 7.55. The quantitative estimate of drug-likeness (QED) is 0.880. The Bertz CT molecular complexity index is 570. The molecule has 1 fully saturated rings. The van der Waals surface area contributed by atoms with Gasteiger partial charge in [0.2, 0.25) is 0 Å². The molecule has 3 rings (SSSR count). The monoisotopic (exact) mass is 297 g/mol. The fraction of sp³-hybridized carbons (Fsp3) is 0.538. The minimum Gasteiger partial charge on any atom is -0.383 e. The number of morpholine rings is 1. The Balaban J connectivity index is 1.96. The van der Waals surface area contributed by atoms with Crippen LogP contribution in [0.15, 0.2) is 24.3 Å². The van der Waals surface area contributed by atoms with E-state index in [1.807, 2.05) is 24.3 Å². The number of para-hydroxylation sites is 2. The van der Waals surface area contributed by atoms with Gasteiger partial charge in [-0.1, -0.05) is 12.1 Å². The lowest BCUT2D eigenvalue weighted by Gasteiger charge is -2.33. The molecule has 1 aromatic carbocycles. The number of ether oxygens (including phenoxy) is 1. The van der Waals surface area contributed by atoms with Crippen LogP contribution in [0.4, 0.5) is 11.4 Å². The highest BCUT2D eigenvalue weighted by Crippen LogP contribution is 2.31. The van der Waals surface area contributed by atoms with Gasteiger partial charge in [0.15, 0.2) is 0 Å². The van der Waals surface area contributed by atoms with Crippen molar-refractivity contribution in [2.24, 2.45) is 0 Å². The second kappa shape index (κ2) is 5.59. The summed E-state index contributed by atoms with van der Waals surface area (Å²) in [5, 5.41) is 3.28. The molecule has 1 saturated heterocycles. The maximum Gasteiger partial charge on any atom is 0.304 e. The SMILES string of the molecule is O=S(=O)(N1CCOCC1)N1CCCNc2ccccc21. The van der Waals surface area contributed by atoms with Gasteiger partial charge in [0.25, 0.3) is 0 Å². The molecular formula is C13H19N3O3S. The van der Waals surface area contributed by atoms with Crippen LogP contribution in [0.25, 0.3) is 0 Å². The molecule has 0 unspecified atom stereocenters. The largest absolute Gasteiger partial charge is 0.383 e. The third-order valence-electron chi connectivity index (χ3n) is 3.60. The summed E-state index contributed by atoms with van der Waals surface area (Å²) < 4.78 is 33.9. The first-order valence-corrected chi connectivity index (χ1v) is 8.28. The average molecular weight is 297 g/mol. The molecule has 1 N–H and O–H groups in total. The molecule has 0 saturated carbocycles. The van der Waals surface area contributed by atoms with E-state index in [2.05, 4.69) is 5.32 Å². The molecule has 6 nitrogen and oxygen atoms in total. The molecule has 0 spiro atoms. The van der Waals surface area contributed by atoms with E-state index >= 15 is 0 Å². The lowest BCUT2D eigenvalue weighted by molar-refractivity contribution is 0.0729. The van der Waals surface area contributed by atoms with E-state index in [1.165, 1.54) is 8.61 Å². The maximum absolute atomic E-state index is 12.8. The lowest BCUT2D eigenvalue weighted by atomic mass is 10.2. The second-order valence-corrected chi connectivity index (χ2v) is 6.74. The first-order chi connectivity index (χ1) is 9.69. The third-order valence-corrected chi connectivity index (χ3v) is 5.56. The number of anilines is 2. The topological polar surface area (TPSA) is 61.9 Å². The van der Waals surface area contributed by atoms with Crippen molar-refractivity contribution >= 4 is 21.6 Å². The zero-order valence-corrected chi connectivity index (χ0v) is 12.1. The van der Waals surface area contributed by atoms with Gasteiger partial charge >= 0.3 is 10.2 Å². The molecule has 2 aliphatic heterocycles. The van der Waals surface area contributed by atoms with E-state index < -0.39 is 10.2 Å². The third kappa shape index (κ3) is 2.48. The highest BCUT2D eigenvalue weighted by molar-refractivity contribution is 7.90. The lowest BCUT2D eigenvalue weighted by Crippen LogP contribution is -2.49. The van der Waals surface area contributed by atoms with Crippen molar-refractivity contribution in [2.75, 3.05) is 49.0 Å². The predicted molar refractivity (Wildman–Crippen MR) is 78.2 cm³/mol. The van der Waals surface area contributed by atoms with Crippen molar-refractivity contribution in [3.8, 4) is 0 Å². The molecule has 0 aromatic heterocycles. The van der Waals surface area contributed by atoms with Crippen molar-refractivity contribution in [3.05, 3.63) is 24.3 Å². The van der Waals surface area contributed by atoms with Crippen LogP contribution in [0.1, 0.15) is 6.42 Å². The number of hydrogen-bond donors (Lipinski definition) is 1. The van der Waals surface area contributed by atoms with Crippen molar-refractivity contribution in [2.45, 2.75) is 6.42 Å². The smallest absolute Gasteiger partial charge is 0.304 e. The summed E-state index contributed by atoms with van der Waals surface area (Å²) in [5.74, 6) is 0. The first-order valence-electron chi connectivity index (χ1n) is 6.88. The van der Waals surface area contributed by atoms with Gasteiger partial charge in [-0.3, -0.25) is 4.31 Å². The summed E-state index contributed by atoms with van der Waals surface area (Å²) in [6.45, 7) is 3.07. The van der Waals surface area contributed by atoms with Crippen LogP contribution in [0.2, 0.25) is 0 Å². The van der Waals surface area contributed by atoms with E-state index in [0.717, 1.165) is 24.3 Å². The number of nitrogens with zero attached hydrogens (tertiary/aromatic N) is 2. The van der Waals surface area contributed by atoms with Crippen LogP contribution in [-0.4, -0.2) is 52.1 Å². The van der Waals surface area contributed by atoms with E-state index in [4.69, 9.17) is 4.74 Å². The molecule has 0 radical (unpaired) electrons. The van der Waals surface area contributed by atoms with Crippen LogP contribution in [0, 0.1) is 0 Å². The van der Waals surface area contributed by atoms with Gasteiger partial charge in [-0.05, 0) is 18.6 Å². The normalized spacial score (nSPS) is 20.9. The second-order valence-electron chi connectivity index (χ2n) is 4.89. The van der Waals surface area contributed by atoms with Crippen LogP contribution in [0.3, 0.4) is 0 Å². The van der Waals surface area contributed by atoms with Crippen LogP contribution < -0.4 is 9.62 Å². The minimum atomic E-state index is -3.48. The number of hydrogen-bond acceptors (Lipinski definition) is 4. The highest BCUT2D eigenvalue weighted by Gasteiger charge is 2.32. The molecule has 0 aliphatic carbocycles. The molecule has 2 heterocycles. The minimum absolute atomic E-state index is 0.425. The fourth-order valence-electron chi connectivity index (χ4n) is 2.56. The van der Waals surface area contributed by atoms with Crippen molar-refractivity contribution in [3.63, 3.8) is 0 Å². The van der Waals surface area contributed by atoms with E-state index in [-0.39, 0.29) is 0 Å². The molecule has 7 heteroatoms. The summed E-state index contributed by atoms with van der Waals surface area (Å²) >= 11 is 0. The van der Waals surface area contributed by atoms with Crippen LogP contribution in [-0.2, 0) is 14.9 Å². The van der Waals surface area contributed by atoms with Gasteiger partial charge < -0.3 is 10.1 Å². The summed E-state index contributed by atoms with van der Waals surface area (Å²) in [7, 11) is -3.48. The summed E-state index contributed by atoms with van der Waals surface area (Å²) in [4.78, 5) is 0. The molecular weight excluding hydrogens is 278 g/mol. The fourth-order valence-corrected chi connectivity index (χ4v) is 4.22. The Kier molecular flexibility index (Phi) is 3.82. The summed E-state index contributed by atoms with van der Waals surface area (Å²) in [6.07, 6.45) is 0.790. The van der Waals surface area contributed by atoms with Crippen LogP contribution >= 0.6 is 0 Å². The van der Waals surface area contributed by atoms with Gasteiger partial charge in [0.1, 0.15) is 0 Å². The number of benzene rings is 1. The zero-order chi connectivity index (χ0) is 14.0. The van der Waals surface area contributed by atoms with Gasteiger partial charge in [0, 0.05) is 26.2 Å². The molecule has 110 valence electrons. The Morgan fingerprint density at radius 1 is 1.10 bits per heavy atom. The molecule has 0 bridgehead atoms. The Labute approximate surface area is 119 Å². The standard InChI is InChI=1S/C13H19N3O3S/c17-20(18,15-8-10-19-11-9-15)16-7-3-6-14-12-4-1-2-5-13(12)16/h1-2,4-5,14H,3,6-11H2. The molecule has 1 aromatic rings. The Morgan fingerprint density at radius 2 is 1.85 bits per heavy atom. The summed E-state index contributed by atoms with van der Waals surface area (Å²) in [5.41, 5.74) is 1.61. The highest BCUT2D eigenvalue weighted by atomic mass is 32.2. The van der Waals surface area contributed by atoms with E-state index in [9.17, 15) is 8.42 Å². The van der Waals surface area contributed by atoms with E-state index in [0.29, 0.717) is 32.8 Å². The molecule has 20 heavy (non-hydrogen) atoms. The first kappa shape index (κ1) is 13.7. The van der Waals surface area contributed by atoms with Gasteiger partial charge in [-0.25, -0.2) is 0 Å². The maximum atomic E-state index is 12.8. The molecule has 2 aliphatic rings. The van der Waals surface area contributed by atoms with Crippen LogP contribution in [0.5, 0.6) is 0 Å². The van der Waals surface area contributed by atoms with Gasteiger partial charge in [0.05, 0.1) is 24.6 Å². The molecule has 0 amide bonds. The van der Waals surface area contributed by atoms with Gasteiger partial charge in [-0.15, -0.1) is 0 Å².